The summed E-state index contributed by atoms with van der Waals surface area (Å²) >= 11 is 0. The number of para-hydroxylation sites is 2. The summed E-state index contributed by atoms with van der Waals surface area (Å²) in [5.74, 6) is -3.16. The number of aliphatic hydroxyl groups excluding tert-OH is 1. The van der Waals surface area contributed by atoms with Gasteiger partial charge in [0, 0.05) is 30.0 Å². The average Bonchev–Trinajstić information content (AvgIpc) is 3.83. The molecule has 0 bridgehead atoms. The maximum absolute atomic E-state index is 16.5. The fourth-order valence-corrected chi connectivity index (χ4v) is 10.7. The van der Waals surface area contributed by atoms with Gasteiger partial charge in [-0.1, -0.05) is 127 Å². The van der Waals surface area contributed by atoms with E-state index in [2.05, 4.69) is 15.5 Å². The van der Waals surface area contributed by atoms with E-state index in [9.17, 15) is 9.90 Å². The van der Waals surface area contributed by atoms with E-state index in [1.807, 2.05) is 139 Å². The van der Waals surface area contributed by atoms with Gasteiger partial charge in [0.25, 0.3) is 0 Å². The van der Waals surface area contributed by atoms with Crippen LogP contribution in [0.15, 0.2) is 164 Å². The lowest BCUT2D eigenvalue weighted by Crippen LogP contribution is -2.55. The molecule has 340 valence electrons. The molecule has 3 fully saturated rings. The molecule has 4 aliphatic heterocycles. The highest BCUT2D eigenvalue weighted by molar-refractivity contribution is 6.25. The van der Waals surface area contributed by atoms with Crippen molar-refractivity contribution in [2.24, 2.45) is 5.92 Å². The molecule has 3 N–H and O–H groups in total. The minimum atomic E-state index is -1.97. The summed E-state index contributed by atoms with van der Waals surface area (Å²) in [6, 6.07) is 45.7. The number of urea groups is 1. The molecule has 67 heavy (non-hydrogen) atoms. The summed E-state index contributed by atoms with van der Waals surface area (Å²) in [5.41, 5.74) is 2.90. The molecular weight excluding hydrogens is 847 g/mol. The van der Waals surface area contributed by atoms with Gasteiger partial charge >= 0.3 is 12.0 Å². The van der Waals surface area contributed by atoms with E-state index in [0.717, 1.165) is 34.8 Å². The summed E-state index contributed by atoms with van der Waals surface area (Å²) in [6.45, 7) is 4.14. The number of hydrogen-bond acceptors (Lipinski definition) is 10. The van der Waals surface area contributed by atoms with Crippen molar-refractivity contribution >= 4 is 40.9 Å². The normalized spacial score (nSPS) is 23.8. The van der Waals surface area contributed by atoms with Crippen LogP contribution in [0.4, 0.5) is 21.9 Å². The topological polar surface area (TPSA) is 150 Å². The molecule has 0 aromatic heterocycles. The number of anilines is 3. The van der Waals surface area contributed by atoms with E-state index < -0.39 is 65.4 Å². The van der Waals surface area contributed by atoms with Crippen LogP contribution in [0, 0.1) is 5.92 Å². The summed E-state index contributed by atoms with van der Waals surface area (Å²) in [5, 5.41) is 16.3. The molecule has 0 radical (unpaired) electrons. The number of fused-ring (bicyclic) bond motifs is 3. The third kappa shape index (κ3) is 7.68. The van der Waals surface area contributed by atoms with Crippen LogP contribution in [0.25, 0.3) is 0 Å². The number of ether oxygens (including phenoxy) is 3. The Balaban J connectivity index is 1.20. The van der Waals surface area contributed by atoms with Crippen LogP contribution in [0.2, 0.25) is 0 Å². The number of morpholine rings is 2. The average molecular weight is 898 g/mol. The lowest BCUT2D eigenvalue weighted by molar-refractivity contribution is -0.177. The van der Waals surface area contributed by atoms with Crippen LogP contribution in [0.5, 0.6) is 5.75 Å². The zero-order valence-corrected chi connectivity index (χ0v) is 36.9. The Labute approximate surface area is 388 Å². The van der Waals surface area contributed by atoms with E-state index in [0.29, 0.717) is 41.3 Å². The fraction of sp³-hybridized carbons (Fsp3) is 0.259. The Hall–Kier alpha value is -7.32. The summed E-state index contributed by atoms with van der Waals surface area (Å²) < 4.78 is 18.5. The van der Waals surface area contributed by atoms with E-state index in [1.54, 1.807) is 36.4 Å². The highest BCUT2D eigenvalue weighted by Crippen LogP contribution is 2.66. The van der Waals surface area contributed by atoms with Gasteiger partial charge in [0.1, 0.15) is 29.9 Å². The molecule has 1 spiro atoms. The molecule has 4 amide bonds. The van der Waals surface area contributed by atoms with Gasteiger partial charge in [-0.25, -0.2) is 9.69 Å². The van der Waals surface area contributed by atoms with Crippen molar-refractivity contribution < 1.29 is 38.5 Å². The first-order valence-corrected chi connectivity index (χ1v) is 22.7. The van der Waals surface area contributed by atoms with Crippen molar-refractivity contribution in [1.29, 1.82) is 0 Å². The van der Waals surface area contributed by atoms with Crippen molar-refractivity contribution in [3.63, 3.8) is 0 Å². The lowest BCUT2D eigenvalue weighted by Gasteiger charge is -2.46. The SMILES string of the molecule is C[C@@H](NC(=O)N1C(=O)[C@@]2(c3ccccc31)[C@H](c1ccccc1OCCO)N1[C@H](c3ccccc3)[C@H](c3ccccc3)OC(=O)[C@H]1[C@@H]2C(=O)Nc1ccc(N2CCOCC2)cc1)c1ccccc1. The molecule has 6 aromatic rings. The first-order chi connectivity index (χ1) is 32.8. The highest BCUT2D eigenvalue weighted by Gasteiger charge is 2.76. The molecule has 0 aliphatic carbocycles. The number of nitrogens with one attached hydrogen (secondary N) is 2. The zero-order valence-electron chi connectivity index (χ0n) is 36.9. The Bertz CT molecular complexity index is 2750. The number of aliphatic hydroxyl groups is 1. The predicted molar refractivity (Wildman–Crippen MR) is 252 cm³/mol. The number of amides is 4. The van der Waals surface area contributed by atoms with Gasteiger partial charge in [-0.05, 0) is 65.6 Å². The first kappa shape index (κ1) is 43.6. The Morgan fingerprint density at radius 3 is 2.09 bits per heavy atom. The van der Waals surface area contributed by atoms with Crippen molar-refractivity contribution in [2.75, 3.05) is 54.6 Å². The molecule has 0 saturated carbocycles. The van der Waals surface area contributed by atoms with E-state index in [-0.39, 0.29) is 18.9 Å². The number of benzene rings is 6. The molecule has 10 rings (SSSR count). The van der Waals surface area contributed by atoms with Crippen molar-refractivity contribution in [3.05, 3.63) is 192 Å². The van der Waals surface area contributed by atoms with Gasteiger partial charge in [-0.15, -0.1) is 0 Å². The number of esters is 1. The highest BCUT2D eigenvalue weighted by atomic mass is 16.6. The van der Waals surface area contributed by atoms with Gasteiger partial charge in [0.05, 0.1) is 49.6 Å². The predicted octanol–water partition coefficient (Wildman–Crippen LogP) is 7.67. The van der Waals surface area contributed by atoms with Gasteiger partial charge in [0.15, 0.2) is 0 Å². The van der Waals surface area contributed by atoms with Crippen LogP contribution in [0.3, 0.4) is 0 Å². The number of rotatable bonds is 11. The van der Waals surface area contributed by atoms with E-state index in [4.69, 9.17) is 14.2 Å². The lowest BCUT2D eigenvalue weighted by atomic mass is 9.65. The van der Waals surface area contributed by atoms with E-state index >= 15 is 14.4 Å². The van der Waals surface area contributed by atoms with Crippen LogP contribution >= 0.6 is 0 Å². The van der Waals surface area contributed by atoms with Crippen LogP contribution in [-0.4, -0.2) is 79.4 Å². The number of carbonyl (C=O) groups excluding carboxylic acids is 4. The largest absolute Gasteiger partial charge is 0.491 e. The van der Waals surface area contributed by atoms with Crippen LogP contribution in [-0.2, 0) is 29.3 Å². The second kappa shape index (κ2) is 18.5. The monoisotopic (exact) mass is 897 g/mol. The van der Waals surface area contributed by atoms with E-state index in [1.165, 1.54) is 0 Å². The Morgan fingerprint density at radius 2 is 1.39 bits per heavy atom. The second-order valence-corrected chi connectivity index (χ2v) is 17.2. The first-order valence-electron chi connectivity index (χ1n) is 22.7. The molecule has 13 nitrogen and oxygen atoms in total. The Morgan fingerprint density at radius 1 is 0.761 bits per heavy atom. The molecule has 6 aromatic carbocycles. The maximum atomic E-state index is 16.5. The molecular formula is C54H51N5O8. The second-order valence-electron chi connectivity index (χ2n) is 17.2. The summed E-state index contributed by atoms with van der Waals surface area (Å²) in [7, 11) is 0. The maximum Gasteiger partial charge on any atom is 0.329 e. The zero-order chi connectivity index (χ0) is 46.1. The van der Waals surface area contributed by atoms with Gasteiger partial charge in [-0.2, -0.15) is 0 Å². The fourth-order valence-electron chi connectivity index (χ4n) is 10.7. The molecule has 4 heterocycles. The minimum absolute atomic E-state index is 0.0717. The van der Waals surface area contributed by atoms with Crippen LogP contribution < -0.4 is 25.2 Å². The van der Waals surface area contributed by atoms with Gasteiger partial charge in [0.2, 0.25) is 11.8 Å². The molecule has 3 saturated heterocycles. The number of hydrogen-bond donors (Lipinski definition) is 3. The van der Waals surface area contributed by atoms with Crippen molar-refractivity contribution in [3.8, 4) is 5.75 Å². The number of nitrogens with zero attached hydrogens (tertiary/aromatic N) is 3. The quantitative estimate of drug-likeness (QED) is 0.111. The van der Waals surface area contributed by atoms with Gasteiger partial charge < -0.3 is 34.9 Å². The number of carbonyl (C=O) groups is 4. The smallest absolute Gasteiger partial charge is 0.329 e. The van der Waals surface area contributed by atoms with Crippen molar-refractivity contribution in [1.82, 2.24) is 10.2 Å². The number of cyclic esters (lactones) is 1. The third-order valence-electron chi connectivity index (χ3n) is 13.6. The van der Waals surface area contributed by atoms with Gasteiger partial charge in [-0.3, -0.25) is 19.3 Å². The van der Waals surface area contributed by atoms with Crippen LogP contribution in [0.1, 0.15) is 59.0 Å². The Kier molecular flexibility index (Phi) is 12.0. The van der Waals surface area contributed by atoms with Crippen molar-refractivity contribution in [2.45, 2.75) is 42.6 Å². The summed E-state index contributed by atoms with van der Waals surface area (Å²) in [6.07, 6.45) is -0.898. The molecule has 7 atom stereocenters. The summed E-state index contributed by atoms with van der Waals surface area (Å²) in [4.78, 5) is 68.0. The molecule has 4 aliphatic rings. The standard InChI is InChI=1S/C54H51N5O8/c1-35(36-15-5-2-6-16-36)55-53(64)58-43-23-13-12-22-42(43)54(52(58)63)45(50(61)56-39-25-27-40(28-26-39)57-29-32-65-33-30-57)47-51(62)67-48(38-19-9-4-10-20-38)46(37-17-7-3-8-18-37)59(47)49(54)41-21-11-14-24-44(41)66-34-31-60/h2-28,35,45-49,60H,29-34H2,1H3,(H,55,64)(H,56,61)/t35-,45-,46-,47-,48+,49+,54-/m1/s1. The number of imide groups is 1. The molecule has 13 heteroatoms. The third-order valence-corrected chi connectivity index (χ3v) is 13.6. The minimum Gasteiger partial charge on any atom is -0.491 e. The molecule has 0 unspecified atom stereocenters.